The highest BCUT2D eigenvalue weighted by Gasteiger charge is 2.84. The topological polar surface area (TPSA) is 0 Å². The molecule has 0 radical (unpaired) electrons. The Labute approximate surface area is 94.0 Å². The molecule has 0 saturated carbocycles. The summed E-state index contributed by atoms with van der Waals surface area (Å²) in [5.41, 5.74) is -6.90. The van der Waals surface area contributed by atoms with Crippen LogP contribution in [0.5, 0.6) is 0 Å². The molecule has 1 aromatic carbocycles. The zero-order valence-corrected chi connectivity index (χ0v) is 9.64. The Hall–Kier alpha value is -0.440. The van der Waals surface area contributed by atoms with Gasteiger partial charge in [0.2, 0.25) is 0 Å². The molecule has 94 valence electrons. The molecule has 0 aliphatic carbocycles. The van der Waals surface area contributed by atoms with Gasteiger partial charge in [-0.05, 0) is 24.3 Å². The minimum Gasteiger partial charge on any atom is -0.155 e. The molecule has 0 unspecified atom stereocenters. The van der Waals surface area contributed by atoms with Crippen LogP contribution in [-0.2, 0) is 0 Å². The minimum absolute atomic E-state index is 0.0547. The molecule has 0 heterocycles. The molecular formula is C7H4BrF7S. The lowest BCUT2D eigenvalue weighted by molar-refractivity contribution is -0.0709. The minimum atomic E-state index is -10.2. The maximum Gasteiger partial charge on any atom is 0.510 e. The molecule has 16 heavy (non-hydrogen) atoms. The number of alkyl halides is 3. The van der Waals surface area contributed by atoms with Crippen molar-refractivity contribution >= 4 is 25.8 Å². The van der Waals surface area contributed by atoms with Crippen LogP contribution in [0, 0.1) is 0 Å². The smallest absolute Gasteiger partial charge is 0.155 e. The van der Waals surface area contributed by atoms with E-state index in [2.05, 4.69) is 15.9 Å². The van der Waals surface area contributed by atoms with Crippen LogP contribution in [0.1, 0.15) is 0 Å². The van der Waals surface area contributed by atoms with E-state index >= 15 is 0 Å². The van der Waals surface area contributed by atoms with Gasteiger partial charge in [0.25, 0.3) is 9.84 Å². The number of benzene rings is 1. The largest absolute Gasteiger partial charge is 0.510 e. The molecule has 0 aliphatic rings. The summed E-state index contributed by atoms with van der Waals surface area (Å²) in [4.78, 5) is -2.31. The first-order valence-electron chi connectivity index (χ1n) is 3.60. The number of halogens is 8. The fourth-order valence-electron chi connectivity index (χ4n) is 0.842. The van der Waals surface area contributed by atoms with Crippen molar-refractivity contribution in [1.82, 2.24) is 0 Å². The van der Waals surface area contributed by atoms with Gasteiger partial charge in [-0.25, -0.2) is 0 Å². The summed E-state index contributed by atoms with van der Waals surface area (Å²) in [7, 11) is -10.2. The molecule has 0 fully saturated rings. The Morgan fingerprint density at radius 2 is 1.25 bits per heavy atom. The van der Waals surface area contributed by atoms with Crippen molar-refractivity contribution in [2.75, 3.05) is 0 Å². The first-order chi connectivity index (χ1) is 6.78. The number of hydrogen-bond acceptors (Lipinski definition) is 0. The van der Waals surface area contributed by atoms with Crippen LogP contribution in [0.25, 0.3) is 0 Å². The Morgan fingerprint density at radius 1 is 0.875 bits per heavy atom. The van der Waals surface area contributed by atoms with E-state index in [1.807, 2.05) is 0 Å². The van der Waals surface area contributed by atoms with Crippen molar-refractivity contribution in [1.29, 1.82) is 0 Å². The fraction of sp³-hybridized carbons (Fsp3) is 0.143. The van der Waals surface area contributed by atoms with Crippen LogP contribution in [0.4, 0.5) is 28.7 Å². The second kappa shape index (κ2) is 2.87. The van der Waals surface area contributed by atoms with Crippen molar-refractivity contribution in [3.63, 3.8) is 0 Å². The quantitative estimate of drug-likeness (QED) is 0.575. The summed E-state index contributed by atoms with van der Waals surface area (Å²) in [6.07, 6.45) is 0. The molecule has 0 nitrogen and oxygen atoms in total. The average Bonchev–Trinajstić information content (AvgIpc) is 2.00. The van der Waals surface area contributed by atoms with Crippen LogP contribution >= 0.6 is 25.8 Å². The van der Waals surface area contributed by atoms with Crippen molar-refractivity contribution in [3.05, 3.63) is 28.7 Å². The summed E-state index contributed by atoms with van der Waals surface area (Å²) in [5, 5.41) is 0. The van der Waals surface area contributed by atoms with Gasteiger partial charge in [0.05, 0.1) is 4.90 Å². The van der Waals surface area contributed by atoms with Crippen LogP contribution in [0.15, 0.2) is 33.6 Å². The first kappa shape index (κ1) is 13.6. The summed E-state index contributed by atoms with van der Waals surface area (Å²) >= 11 is 2.74. The van der Waals surface area contributed by atoms with Gasteiger partial charge in [0.1, 0.15) is 0 Å². The van der Waals surface area contributed by atoms with Crippen LogP contribution in [0.2, 0.25) is 0 Å². The molecule has 0 saturated heterocycles. The molecule has 0 N–H and O–H groups in total. The highest BCUT2D eigenvalue weighted by molar-refractivity contribution is 9.10. The number of hydrogen-bond donors (Lipinski definition) is 0. The summed E-state index contributed by atoms with van der Waals surface area (Å²) in [6, 6.07) is 1.50. The van der Waals surface area contributed by atoms with Gasteiger partial charge in [0, 0.05) is 4.47 Å². The zero-order valence-electron chi connectivity index (χ0n) is 7.24. The highest BCUT2D eigenvalue weighted by atomic mass is 79.9. The van der Waals surface area contributed by atoms with Gasteiger partial charge < -0.3 is 0 Å². The average molecular weight is 333 g/mol. The molecule has 0 bridgehead atoms. The predicted molar refractivity (Wildman–Crippen MR) is 50.5 cm³/mol. The predicted octanol–water partition coefficient (Wildman–Crippen LogP) is 5.74. The van der Waals surface area contributed by atoms with E-state index in [1.165, 1.54) is 0 Å². The second-order valence-electron chi connectivity index (χ2n) is 2.97. The van der Waals surface area contributed by atoms with Gasteiger partial charge in [0.15, 0.2) is 0 Å². The molecule has 0 spiro atoms. The summed E-state index contributed by atoms with van der Waals surface area (Å²) < 4.78 is 87.2. The van der Waals surface area contributed by atoms with E-state index in [0.717, 1.165) is 0 Å². The van der Waals surface area contributed by atoms with Gasteiger partial charge in [-0.15, -0.1) is 15.5 Å². The van der Waals surface area contributed by atoms with E-state index in [4.69, 9.17) is 0 Å². The Balaban J connectivity index is 3.56. The van der Waals surface area contributed by atoms with Crippen molar-refractivity contribution in [2.45, 2.75) is 10.4 Å². The van der Waals surface area contributed by atoms with E-state index < -0.39 is 20.2 Å². The summed E-state index contributed by atoms with van der Waals surface area (Å²) in [5.74, 6) is 0. The number of rotatable bonds is 1. The van der Waals surface area contributed by atoms with Crippen LogP contribution < -0.4 is 0 Å². The molecule has 0 aliphatic heterocycles. The van der Waals surface area contributed by atoms with Gasteiger partial charge in [-0.3, -0.25) is 0 Å². The second-order valence-corrected chi connectivity index (χ2v) is 6.96. The Morgan fingerprint density at radius 3 is 1.56 bits per heavy atom. The van der Waals surface area contributed by atoms with E-state index in [9.17, 15) is 28.7 Å². The lowest BCUT2D eigenvalue weighted by Crippen LogP contribution is -2.32. The normalized spacial score (nSPS) is 17.8. The van der Waals surface area contributed by atoms with Crippen LogP contribution in [0.3, 0.4) is 0 Å². The molecule has 0 amide bonds. The summed E-state index contributed by atoms with van der Waals surface area (Å²) in [6.45, 7) is 0. The Bertz CT molecular complexity index is 414. The maximum atomic E-state index is 12.8. The van der Waals surface area contributed by atoms with Crippen molar-refractivity contribution in [3.8, 4) is 0 Å². The van der Waals surface area contributed by atoms with E-state index in [1.54, 1.807) is 0 Å². The molecule has 1 aromatic rings. The maximum absolute atomic E-state index is 12.8. The SMILES string of the molecule is FC(F)(F)S(F)(F)(F)(F)c1ccc(Br)cc1. The lowest BCUT2D eigenvalue weighted by Gasteiger charge is -2.50. The third-order valence-corrected chi connectivity index (χ3v) is 4.43. The lowest BCUT2D eigenvalue weighted by atomic mass is 10.4. The van der Waals surface area contributed by atoms with Gasteiger partial charge >= 0.3 is 5.51 Å². The van der Waals surface area contributed by atoms with Crippen molar-refractivity contribution in [2.24, 2.45) is 0 Å². The standard InChI is InChI=1S/C7H4BrF7S/c8-5-1-3-6(4-2-5)16(12,13,14,15)7(9,10)11/h1-4H. The third kappa shape index (κ3) is 1.79. The van der Waals surface area contributed by atoms with Crippen molar-refractivity contribution < 1.29 is 28.7 Å². The zero-order chi connectivity index (χ0) is 12.9. The van der Waals surface area contributed by atoms with Gasteiger partial charge in [-0.1, -0.05) is 15.9 Å². The van der Waals surface area contributed by atoms with Crippen LogP contribution in [-0.4, -0.2) is 5.51 Å². The third-order valence-electron chi connectivity index (χ3n) is 1.75. The first-order valence-corrected chi connectivity index (χ1v) is 6.45. The van der Waals surface area contributed by atoms with E-state index in [0.29, 0.717) is 12.1 Å². The fourth-order valence-corrected chi connectivity index (χ4v) is 2.06. The monoisotopic (exact) mass is 332 g/mol. The van der Waals surface area contributed by atoms with Gasteiger partial charge in [-0.2, -0.15) is 13.2 Å². The van der Waals surface area contributed by atoms with E-state index in [-0.39, 0.29) is 16.6 Å². The molecule has 9 heteroatoms. The molecule has 0 aromatic heterocycles. The highest BCUT2D eigenvalue weighted by Crippen LogP contribution is 3.06. The molecule has 0 atom stereocenters. The Kier molecular flexibility index (Phi) is 2.44. The molecular weight excluding hydrogens is 329 g/mol. The molecule has 1 rings (SSSR count).